The maximum atomic E-state index is 12.3. The van der Waals surface area contributed by atoms with Gasteiger partial charge in [0, 0.05) is 28.7 Å². The van der Waals surface area contributed by atoms with Crippen molar-refractivity contribution in [3.05, 3.63) is 45.0 Å². The molecule has 27 heavy (non-hydrogen) atoms. The summed E-state index contributed by atoms with van der Waals surface area (Å²) < 4.78 is 5.07. The Morgan fingerprint density at radius 3 is 2.74 bits per heavy atom. The van der Waals surface area contributed by atoms with E-state index in [0.29, 0.717) is 5.56 Å². The molecule has 0 heterocycles. The lowest BCUT2D eigenvalue weighted by atomic mass is 9.88. The summed E-state index contributed by atoms with van der Waals surface area (Å²) in [4.78, 5) is 46.8. The fraction of sp³-hybridized carbons (Fsp3) is 0.550. The molecule has 0 aromatic heterocycles. The Balaban J connectivity index is 1.55. The van der Waals surface area contributed by atoms with Crippen molar-refractivity contribution in [3.63, 3.8) is 0 Å². The summed E-state index contributed by atoms with van der Waals surface area (Å²) >= 11 is 0. The summed E-state index contributed by atoms with van der Waals surface area (Å²) in [6.07, 6.45) is 3.10. The van der Waals surface area contributed by atoms with Gasteiger partial charge >= 0.3 is 5.97 Å². The van der Waals surface area contributed by atoms with E-state index in [4.69, 9.17) is 4.74 Å². The van der Waals surface area contributed by atoms with Crippen LogP contribution in [-0.2, 0) is 27.2 Å². The van der Waals surface area contributed by atoms with Gasteiger partial charge in [0.1, 0.15) is 5.78 Å². The van der Waals surface area contributed by atoms with Crippen molar-refractivity contribution in [2.45, 2.75) is 39.0 Å². The van der Waals surface area contributed by atoms with Crippen LogP contribution in [0.3, 0.4) is 0 Å². The second-order valence-electron chi connectivity index (χ2n) is 7.56. The molecule has 1 saturated carbocycles. The lowest BCUT2D eigenvalue weighted by Crippen LogP contribution is -2.28. The van der Waals surface area contributed by atoms with E-state index in [0.717, 1.165) is 19.3 Å². The summed E-state index contributed by atoms with van der Waals surface area (Å²) in [6, 6.07) is 5.54. The number of carbonyl (C=O) groups excluding carboxylic acids is 3. The van der Waals surface area contributed by atoms with Gasteiger partial charge in [0.2, 0.25) is 6.54 Å². The Morgan fingerprint density at radius 2 is 2.00 bits per heavy atom. The van der Waals surface area contributed by atoms with Gasteiger partial charge in [-0.15, -0.1) is 0 Å². The zero-order chi connectivity index (χ0) is 19.6. The van der Waals surface area contributed by atoms with Gasteiger partial charge < -0.3 is 4.74 Å². The monoisotopic (exact) mass is 373 g/mol. The molecule has 2 aliphatic carbocycles. The molecule has 2 aliphatic rings. The molecule has 1 aromatic carbocycles. The molecular formula is C20H23NO6. The maximum absolute atomic E-state index is 12.3. The molecule has 0 amide bonds. The molecule has 0 N–H and O–H groups in total. The summed E-state index contributed by atoms with van der Waals surface area (Å²) in [5.74, 6) is -2.39. The molecule has 1 aromatic rings. The van der Waals surface area contributed by atoms with Crippen molar-refractivity contribution in [1.82, 2.24) is 0 Å². The molecule has 3 atom stereocenters. The number of nitro groups is 1. The molecule has 1 fully saturated rings. The molecule has 0 unspecified atom stereocenters. The second-order valence-corrected chi connectivity index (χ2v) is 7.56. The van der Waals surface area contributed by atoms with E-state index in [1.807, 2.05) is 12.1 Å². The molecule has 3 rings (SSSR count). The Morgan fingerprint density at radius 1 is 1.26 bits per heavy atom. The number of carbonyl (C=O) groups is 3. The normalized spacial score (nSPS) is 23.9. The SMILES string of the molecule is C[C@@H]1CC(=O)[C@@H](CC(=O)OCC(=O)c2ccc3c(c2)CCC3)[C@@H]1C[N+](=O)[O-]. The van der Waals surface area contributed by atoms with E-state index < -0.39 is 22.7 Å². The van der Waals surface area contributed by atoms with Crippen molar-refractivity contribution in [1.29, 1.82) is 0 Å². The molecule has 7 nitrogen and oxygen atoms in total. The Kier molecular flexibility index (Phi) is 5.68. The predicted octanol–water partition coefficient (Wildman–Crippen LogP) is 2.41. The van der Waals surface area contributed by atoms with Gasteiger partial charge in [-0.1, -0.05) is 19.1 Å². The van der Waals surface area contributed by atoms with Gasteiger partial charge in [-0.05, 0) is 42.4 Å². The van der Waals surface area contributed by atoms with E-state index >= 15 is 0 Å². The van der Waals surface area contributed by atoms with Gasteiger partial charge in [0.15, 0.2) is 12.4 Å². The van der Waals surface area contributed by atoms with Gasteiger partial charge in [-0.3, -0.25) is 24.5 Å². The number of benzene rings is 1. The summed E-state index contributed by atoms with van der Waals surface area (Å²) in [6.45, 7) is 1.07. The van der Waals surface area contributed by atoms with Crippen LogP contribution in [0, 0.1) is 27.9 Å². The van der Waals surface area contributed by atoms with Crippen molar-refractivity contribution >= 4 is 17.5 Å². The topological polar surface area (TPSA) is 104 Å². The minimum atomic E-state index is -0.701. The fourth-order valence-corrected chi connectivity index (χ4v) is 4.21. The van der Waals surface area contributed by atoms with Crippen LogP contribution in [0.25, 0.3) is 0 Å². The molecule has 0 radical (unpaired) electrons. The van der Waals surface area contributed by atoms with Gasteiger partial charge in [-0.2, -0.15) is 0 Å². The molecule has 0 spiro atoms. The van der Waals surface area contributed by atoms with Crippen molar-refractivity contribution in [3.8, 4) is 0 Å². The van der Waals surface area contributed by atoms with Crippen LogP contribution in [0.15, 0.2) is 18.2 Å². The predicted molar refractivity (Wildman–Crippen MR) is 96.0 cm³/mol. The quantitative estimate of drug-likeness (QED) is 0.315. The van der Waals surface area contributed by atoms with E-state index in [-0.39, 0.29) is 43.5 Å². The van der Waals surface area contributed by atoms with Crippen LogP contribution in [0.2, 0.25) is 0 Å². The first-order chi connectivity index (χ1) is 12.8. The van der Waals surface area contributed by atoms with E-state index in [1.165, 1.54) is 11.1 Å². The highest BCUT2D eigenvalue weighted by atomic mass is 16.6. The largest absolute Gasteiger partial charge is 0.457 e. The van der Waals surface area contributed by atoms with Crippen molar-refractivity contribution < 1.29 is 24.0 Å². The number of fused-ring (bicyclic) bond motifs is 1. The first-order valence-electron chi connectivity index (χ1n) is 9.30. The molecule has 0 bridgehead atoms. The molecular weight excluding hydrogens is 350 g/mol. The number of hydrogen-bond acceptors (Lipinski definition) is 6. The van der Waals surface area contributed by atoms with E-state index in [2.05, 4.69) is 0 Å². The number of ketones is 2. The first kappa shape index (κ1) is 19.2. The Hall–Kier alpha value is -2.57. The lowest BCUT2D eigenvalue weighted by molar-refractivity contribution is -0.490. The number of Topliss-reactive ketones (excluding diaryl/α,β-unsaturated/α-hetero) is 2. The third-order valence-corrected chi connectivity index (χ3v) is 5.72. The zero-order valence-corrected chi connectivity index (χ0v) is 15.3. The molecule has 144 valence electrons. The standard InChI is InChI=1S/C20H23NO6/c1-12-7-18(22)16(17(12)10-21(25)26)9-20(24)27-11-19(23)15-6-5-13-3-2-4-14(13)8-15/h5-6,8,12,16-17H,2-4,7,9-11H2,1H3/t12-,16+,17-/m1/s1. The van der Waals surface area contributed by atoms with E-state index in [1.54, 1.807) is 13.0 Å². The smallest absolute Gasteiger partial charge is 0.306 e. The number of nitrogens with zero attached hydrogens (tertiary/aromatic N) is 1. The van der Waals surface area contributed by atoms with Crippen molar-refractivity contribution in [2.24, 2.45) is 17.8 Å². The van der Waals surface area contributed by atoms with Crippen molar-refractivity contribution in [2.75, 3.05) is 13.2 Å². The molecule has 7 heteroatoms. The number of hydrogen-bond donors (Lipinski definition) is 0. The van der Waals surface area contributed by atoms with Gasteiger partial charge in [0.05, 0.1) is 6.42 Å². The number of rotatable bonds is 7. The third-order valence-electron chi connectivity index (χ3n) is 5.72. The van der Waals surface area contributed by atoms with Crippen LogP contribution < -0.4 is 0 Å². The minimum Gasteiger partial charge on any atom is -0.457 e. The highest BCUT2D eigenvalue weighted by molar-refractivity contribution is 5.98. The van der Waals surface area contributed by atoms with Crippen LogP contribution in [0.5, 0.6) is 0 Å². The fourth-order valence-electron chi connectivity index (χ4n) is 4.21. The molecule has 0 saturated heterocycles. The lowest BCUT2D eigenvalue weighted by Gasteiger charge is -2.17. The van der Waals surface area contributed by atoms with Crippen LogP contribution >= 0.6 is 0 Å². The zero-order valence-electron chi connectivity index (χ0n) is 15.3. The highest BCUT2D eigenvalue weighted by Crippen LogP contribution is 2.36. The van der Waals surface area contributed by atoms with Gasteiger partial charge in [-0.25, -0.2) is 0 Å². The van der Waals surface area contributed by atoms with Crippen LogP contribution in [-0.4, -0.2) is 35.6 Å². The maximum Gasteiger partial charge on any atom is 0.306 e. The van der Waals surface area contributed by atoms with Crippen LogP contribution in [0.4, 0.5) is 0 Å². The second kappa shape index (κ2) is 7.98. The average Bonchev–Trinajstić information content (AvgIpc) is 3.18. The highest BCUT2D eigenvalue weighted by Gasteiger charge is 2.44. The van der Waals surface area contributed by atoms with E-state index in [9.17, 15) is 24.5 Å². The Labute approximate surface area is 157 Å². The first-order valence-corrected chi connectivity index (χ1v) is 9.30. The van der Waals surface area contributed by atoms with Crippen LogP contribution in [0.1, 0.15) is 47.7 Å². The summed E-state index contributed by atoms with van der Waals surface area (Å²) in [5, 5.41) is 10.8. The van der Waals surface area contributed by atoms with Gasteiger partial charge in [0.25, 0.3) is 0 Å². The number of esters is 1. The third kappa shape index (κ3) is 4.40. The Bertz CT molecular complexity index is 787. The minimum absolute atomic E-state index is 0.131. The number of aryl methyl sites for hydroxylation is 2. The average molecular weight is 373 g/mol. The molecule has 0 aliphatic heterocycles. The number of ether oxygens (including phenoxy) is 1. The summed E-state index contributed by atoms with van der Waals surface area (Å²) in [7, 11) is 0. The summed E-state index contributed by atoms with van der Waals surface area (Å²) in [5.41, 5.74) is 2.94.